The van der Waals surface area contributed by atoms with Crippen LogP contribution in [0.25, 0.3) is 0 Å². The number of hydrogen-bond donors (Lipinski definition) is 0. The van der Waals surface area contributed by atoms with Crippen molar-refractivity contribution in [2.24, 2.45) is 0 Å². The molecule has 1 aromatic rings. The maximum absolute atomic E-state index is 5.64. The molecule has 0 saturated heterocycles. The Morgan fingerprint density at radius 2 is 1.57 bits per heavy atom. The molecule has 0 aliphatic heterocycles. The standard InChI is InChI=1S/C9H13Cl2N3/c1-2-3-4-5-6-7-12-8(10)14-9(11)13-7/h2-6H2,1H3. The summed E-state index contributed by atoms with van der Waals surface area (Å²) in [4.78, 5) is 11.7. The number of aryl methyl sites for hydroxylation is 1. The van der Waals surface area contributed by atoms with Gasteiger partial charge in [-0.2, -0.15) is 4.98 Å². The monoisotopic (exact) mass is 233 g/mol. The van der Waals surface area contributed by atoms with Gasteiger partial charge in [-0.25, -0.2) is 9.97 Å². The Hall–Kier alpha value is -0.410. The molecule has 0 radical (unpaired) electrons. The van der Waals surface area contributed by atoms with Gasteiger partial charge in [0.25, 0.3) is 0 Å². The van der Waals surface area contributed by atoms with Crippen LogP contribution < -0.4 is 0 Å². The lowest BCUT2D eigenvalue weighted by Gasteiger charge is -2.00. The quantitative estimate of drug-likeness (QED) is 0.733. The summed E-state index contributed by atoms with van der Waals surface area (Å²) in [5.41, 5.74) is 0. The van der Waals surface area contributed by atoms with E-state index in [9.17, 15) is 0 Å². The molecule has 3 nitrogen and oxygen atoms in total. The zero-order valence-electron chi connectivity index (χ0n) is 8.13. The van der Waals surface area contributed by atoms with Crippen LogP contribution in [-0.4, -0.2) is 15.0 Å². The molecule has 1 rings (SSSR count). The number of aromatic nitrogens is 3. The summed E-state index contributed by atoms with van der Waals surface area (Å²) in [7, 11) is 0. The Kier molecular flexibility index (Phi) is 5.12. The Labute approximate surface area is 93.9 Å². The molecule has 14 heavy (non-hydrogen) atoms. The molecule has 78 valence electrons. The molecular weight excluding hydrogens is 221 g/mol. The molecule has 0 unspecified atom stereocenters. The van der Waals surface area contributed by atoms with Crippen molar-refractivity contribution in [3.8, 4) is 0 Å². The van der Waals surface area contributed by atoms with E-state index in [4.69, 9.17) is 23.2 Å². The molecule has 0 spiro atoms. The molecule has 0 bridgehead atoms. The second-order valence-corrected chi connectivity index (χ2v) is 3.78. The summed E-state index contributed by atoms with van der Waals surface area (Å²) < 4.78 is 0. The van der Waals surface area contributed by atoms with E-state index in [-0.39, 0.29) is 10.6 Å². The number of rotatable bonds is 5. The first-order valence-corrected chi connectivity index (χ1v) is 5.54. The van der Waals surface area contributed by atoms with Gasteiger partial charge in [0.1, 0.15) is 5.82 Å². The van der Waals surface area contributed by atoms with E-state index in [1.807, 2.05) is 0 Å². The highest BCUT2D eigenvalue weighted by Crippen LogP contribution is 2.09. The van der Waals surface area contributed by atoms with Crippen molar-refractivity contribution in [2.45, 2.75) is 39.0 Å². The summed E-state index contributed by atoms with van der Waals surface area (Å²) in [6.07, 6.45) is 5.55. The number of halogens is 2. The summed E-state index contributed by atoms with van der Waals surface area (Å²) in [6.45, 7) is 2.18. The third-order valence-corrected chi connectivity index (χ3v) is 2.22. The van der Waals surface area contributed by atoms with Crippen LogP contribution in [-0.2, 0) is 6.42 Å². The Balaban J connectivity index is 2.42. The van der Waals surface area contributed by atoms with Crippen molar-refractivity contribution in [1.29, 1.82) is 0 Å². The first kappa shape index (κ1) is 11.7. The van der Waals surface area contributed by atoms with Crippen LogP contribution in [0, 0.1) is 0 Å². The van der Waals surface area contributed by atoms with Crippen LogP contribution in [0.2, 0.25) is 10.6 Å². The summed E-state index contributed by atoms with van der Waals surface area (Å²) >= 11 is 11.3. The lowest BCUT2D eigenvalue weighted by atomic mass is 10.1. The third kappa shape index (κ3) is 4.20. The lowest BCUT2D eigenvalue weighted by molar-refractivity contribution is 0.650. The fourth-order valence-electron chi connectivity index (χ4n) is 1.19. The van der Waals surface area contributed by atoms with Crippen LogP contribution in [0.1, 0.15) is 38.4 Å². The predicted molar refractivity (Wildman–Crippen MR) is 57.7 cm³/mol. The van der Waals surface area contributed by atoms with Gasteiger partial charge in [-0.1, -0.05) is 26.2 Å². The van der Waals surface area contributed by atoms with Gasteiger partial charge in [-0.05, 0) is 29.6 Å². The molecule has 5 heteroatoms. The van der Waals surface area contributed by atoms with E-state index < -0.39 is 0 Å². The molecule has 0 atom stereocenters. The van der Waals surface area contributed by atoms with Gasteiger partial charge in [0, 0.05) is 6.42 Å². The van der Waals surface area contributed by atoms with Crippen molar-refractivity contribution >= 4 is 23.2 Å². The number of hydrogen-bond acceptors (Lipinski definition) is 3. The maximum atomic E-state index is 5.64. The number of unbranched alkanes of at least 4 members (excludes halogenated alkanes) is 3. The van der Waals surface area contributed by atoms with E-state index >= 15 is 0 Å². The third-order valence-electron chi connectivity index (χ3n) is 1.88. The Bertz CT molecular complexity index is 271. The van der Waals surface area contributed by atoms with Crippen molar-refractivity contribution in [2.75, 3.05) is 0 Å². The first-order valence-electron chi connectivity index (χ1n) is 4.78. The Morgan fingerprint density at radius 1 is 0.929 bits per heavy atom. The van der Waals surface area contributed by atoms with Gasteiger partial charge in [0.05, 0.1) is 0 Å². The van der Waals surface area contributed by atoms with Crippen LogP contribution in [0.3, 0.4) is 0 Å². The van der Waals surface area contributed by atoms with E-state index in [1.54, 1.807) is 0 Å². The van der Waals surface area contributed by atoms with E-state index in [0.29, 0.717) is 5.82 Å². The highest BCUT2D eigenvalue weighted by atomic mass is 35.5. The van der Waals surface area contributed by atoms with Crippen molar-refractivity contribution in [3.05, 3.63) is 16.4 Å². The van der Waals surface area contributed by atoms with Gasteiger partial charge < -0.3 is 0 Å². The van der Waals surface area contributed by atoms with E-state index in [0.717, 1.165) is 12.8 Å². The maximum Gasteiger partial charge on any atom is 0.226 e. The highest BCUT2D eigenvalue weighted by molar-refractivity contribution is 6.30. The average Bonchev–Trinajstić information content (AvgIpc) is 2.11. The Morgan fingerprint density at radius 3 is 2.14 bits per heavy atom. The van der Waals surface area contributed by atoms with Gasteiger partial charge in [0.2, 0.25) is 10.6 Å². The minimum absolute atomic E-state index is 0.176. The normalized spacial score (nSPS) is 10.5. The summed E-state index contributed by atoms with van der Waals surface area (Å²) in [5.74, 6) is 0.686. The van der Waals surface area contributed by atoms with Crippen LogP contribution in [0.5, 0.6) is 0 Å². The average molecular weight is 234 g/mol. The number of nitrogens with zero attached hydrogens (tertiary/aromatic N) is 3. The molecular formula is C9H13Cl2N3. The van der Waals surface area contributed by atoms with Gasteiger partial charge in [-0.15, -0.1) is 0 Å². The topological polar surface area (TPSA) is 38.7 Å². The fraction of sp³-hybridized carbons (Fsp3) is 0.667. The van der Waals surface area contributed by atoms with E-state index in [2.05, 4.69) is 21.9 Å². The van der Waals surface area contributed by atoms with Crippen LogP contribution in [0.15, 0.2) is 0 Å². The zero-order chi connectivity index (χ0) is 10.4. The molecule has 0 N–H and O–H groups in total. The SMILES string of the molecule is CCCCCCc1nc(Cl)nc(Cl)n1. The molecule has 0 aliphatic carbocycles. The smallest absolute Gasteiger partial charge is 0.203 e. The van der Waals surface area contributed by atoms with Crippen LogP contribution in [0.4, 0.5) is 0 Å². The van der Waals surface area contributed by atoms with Crippen LogP contribution >= 0.6 is 23.2 Å². The minimum atomic E-state index is 0.176. The van der Waals surface area contributed by atoms with Crippen molar-refractivity contribution < 1.29 is 0 Å². The molecule has 1 aromatic heterocycles. The second kappa shape index (κ2) is 6.14. The second-order valence-electron chi connectivity index (χ2n) is 3.10. The van der Waals surface area contributed by atoms with E-state index in [1.165, 1.54) is 19.3 Å². The van der Waals surface area contributed by atoms with Gasteiger partial charge in [-0.3, -0.25) is 0 Å². The van der Waals surface area contributed by atoms with Crippen molar-refractivity contribution in [3.63, 3.8) is 0 Å². The molecule has 0 fully saturated rings. The van der Waals surface area contributed by atoms with Crippen molar-refractivity contribution in [1.82, 2.24) is 15.0 Å². The summed E-state index contributed by atoms with van der Waals surface area (Å²) in [6, 6.07) is 0. The molecule has 1 heterocycles. The largest absolute Gasteiger partial charge is 0.226 e. The van der Waals surface area contributed by atoms with Gasteiger partial charge >= 0.3 is 0 Å². The minimum Gasteiger partial charge on any atom is -0.203 e. The predicted octanol–water partition coefficient (Wildman–Crippen LogP) is 3.30. The molecule has 0 aromatic carbocycles. The molecule has 0 saturated carbocycles. The molecule has 0 aliphatic rings. The molecule has 0 amide bonds. The highest BCUT2D eigenvalue weighted by Gasteiger charge is 2.02. The summed E-state index contributed by atoms with van der Waals surface area (Å²) in [5, 5.41) is 0.353. The lowest BCUT2D eigenvalue weighted by Crippen LogP contribution is -1.98. The first-order chi connectivity index (χ1) is 6.72. The van der Waals surface area contributed by atoms with Gasteiger partial charge in [0.15, 0.2) is 0 Å². The zero-order valence-corrected chi connectivity index (χ0v) is 9.64. The fourth-order valence-corrected chi connectivity index (χ4v) is 1.58.